The van der Waals surface area contributed by atoms with E-state index in [9.17, 15) is 0 Å². The molecule has 0 bridgehead atoms. The third-order valence-corrected chi connectivity index (χ3v) is 3.98. The highest BCUT2D eigenvalue weighted by atomic mass is 32.2. The lowest BCUT2D eigenvalue weighted by atomic mass is 10.2. The topological polar surface area (TPSA) is 30.7 Å². The SMILES string of the molecule is c1cnc2c(c1)-c1nc3ccccc3n1CS2. The van der Waals surface area contributed by atoms with Crippen LogP contribution in [0.4, 0.5) is 0 Å². The fourth-order valence-electron chi connectivity index (χ4n) is 2.21. The summed E-state index contributed by atoms with van der Waals surface area (Å²) in [5.74, 6) is 1.92. The van der Waals surface area contributed by atoms with Crippen molar-refractivity contribution in [2.75, 3.05) is 0 Å². The highest BCUT2D eigenvalue weighted by Gasteiger charge is 2.20. The number of imidazole rings is 1. The van der Waals surface area contributed by atoms with Crippen LogP contribution in [0.3, 0.4) is 0 Å². The Kier molecular flexibility index (Phi) is 1.82. The van der Waals surface area contributed by atoms with Crippen LogP contribution in [0.1, 0.15) is 0 Å². The van der Waals surface area contributed by atoms with Crippen molar-refractivity contribution in [3.8, 4) is 11.4 Å². The second kappa shape index (κ2) is 3.34. The molecule has 3 nitrogen and oxygen atoms in total. The monoisotopic (exact) mass is 239 g/mol. The van der Waals surface area contributed by atoms with Crippen LogP contribution in [-0.4, -0.2) is 14.5 Å². The lowest BCUT2D eigenvalue weighted by Gasteiger charge is -2.16. The van der Waals surface area contributed by atoms with Gasteiger partial charge in [-0.2, -0.15) is 0 Å². The van der Waals surface area contributed by atoms with E-state index < -0.39 is 0 Å². The highest BCUT2D eigenvalue weighted by Crippen LogP contribution is 2.37. The van der Waals surface area contributed by atoms with E-state index in [-0.39, 0.29) is 0 Å². The number of thioether (sulfide) groups is 1. The quantitative estimate of drug-likeness (QED) is 0.603. The van der Waals surface area contributed by atoms with E-state index in [0.717, 1.165) is 27.8 Å². The van der Waals surface area contributed by atoms with Gasteiger partial charge in [-0.3, -0.25) is 0 Å². The average Bonchev–Trinajstić information content (AvgIpc) is 2.78. The van der Waals surface area contributed by atoms with Crippen LogP contribution in [0.15, 0.2) is 47.6 Å². The number of hydrogen-bond donors (Lipinski definition) is 0. The molecular formula is C13H9N3S. The maximum Gasteiger partial charge on any atom is 0.144 e. The Labute approximate surface area is 103 Å². The lowest BCUT2D eigenvalue weighted by Crippen LogP contribution is -2.04. The summed E-state index contributed by atoms with van der Waals surface area (Å²) in [6.45, 7) is 0. The zero-order valence-corrected chi connectivity index (χ0v) is 9.81. The van der Waals surface area contributed by atoms with Gasteiger partial charge in [-0.15, -0.1) is 0 Å². The summed E-state index contributed by atoms with van der Waals surface area (Å²) in [5.41, 5.74) is 3.39. The Morgan fingerprint density at radius 2 is 2.06 bits per heavy atom. The molecule has 0 N–H and O–H groups in total. The maximum absolute atomic E-state index is 4.70. The summed E-state index contributed by atoms with van der Waals surface area (Å²) >= 11 is 1.76. The van der Waals surface area contributed by atoms with Gasteiger partial charge in [0.05, 0.1) is 16.9 Å². The molecule has 4 rings (SSSR count). The van der Waals surface area contributed by atoms with E-state index in [1.807, 2.05) is 18.3 Å². The molecular weight excluding hydrogens is 230 g/mol. The molecule has 2 aromatic heterocycles. The molecule has 1 aliphatic heterocycles. The summed E-state index contributed by atoms with van der Waals surface area (Å²) in [6, 6.07) is 12.3. The third kappa shape index (κ3) is 1.24. The molecule has 4 heteroatoms. The minimum absolute atomic E-state index is 0.889. The van der Waals surface area contributed by atoms with Crippen molar-refractivity contribution < 1.29 is 0 Å². The standard InChI is InChI=1S/C13H9N3S/c1-2-6-11-10(5-1)15-12-9-4-3-7-14-13(9)17-8-16(11)12/h1-7H,8H2. The van der Waals surface area contributed by atoms with Crippen LogP contribution in [0.5, 0.6) is 0 Å². The van der Waals surface area contributed by atoms with Gasteiger partial charge in [-0.25, -0.2) is 9.97 Å². The van der Waals surface area contributed by atoms with Crippen molar-refractivity contribution in [2.24, 2.45) is 0 Å². The van der Waals surface area contributed by atoms with Gasteiger partial charge in [0.1, 0.15) is 10.9 Å². The van der Waals surface area contributed by atoms with E-state index in [1.165, 1.54) is 5.52 Å². The highest BCUT2D eigenvalue weighted by molar-refractivity contribution is 7.98. The molecule has 0 aliphatic carbocycles. The largest absolute Gasteiger partial charge is 0.314 e. The Hall–Kier alpha value is -1.81. The van der Waals surface area contributed by atoms with E-state index >= 15 is 0 Å². The molecule has 0 unspecified atom stereocenters. The molecule has 17 heavy (non-hydrogen) atoms. The molecule has 82 valence electrons. The van der Waals surface area contributed by atoms with Crippen molar-refractivity contribution in [3.05, 3.63) is 42.6 Å². The van der Waals surface area contributed by atoms with Gasteiger partial charge in [0.15, 0.2) is 0 Å². The van der Waals surface area contributed by atoms with E-state index in [1.54, 1.807) is 11.8 Å². The lowest BCUT2D eigenvalue weighted by molar-refractivity contribution is 0.900. The molecule has 0 spiro atoms. The van der Waals surface area contributed by atoms with E-state index in [2.05, 4.69) is 33.8 Å². The molecule has 1 aromatic carbocycles. The predicted molar refractivity (Wildman–Crippen MR) is 68.8 cm³/mol. The van der Waals surface area contributed by atoms with Crippen molar-refractivity contribution in [1.29, 1.82) is 0 Å². The number of pyridine rings is 1. The van der Waals surface area contributed by atoms with Gasteiger partial charge in [0.2, 0.25) is 0 Å². The van der Waals surface area contributed by atoms with Gasteiger partial charge in [-0.05, 0) is 24.3 Å². The summed E-state index contributed by atoms with van der Waals surface area (Å²) in [5, 5.41) is 1.08. The molecule has 0 saturated carbocycles. The summed E-state index contributed by atoms with van der Waals surface area (Å²) in [6.07, 6.45) is 1.84. The fourth-order valence-corrected chi connectivity index (χ4v) is 3.18. The van der Waals surface area contributed by atoms with Gasteiger partial charge >= 0.3 is 0 Å². The third-order valence-electron chi connectivity index (χ3n) is 3.00. The van der Waals surface area contributed by atoms with Crippen LogP contribution >= 0.6 is 11.8 Å². The predicted octanol–water partition coefficient (Wildman–Crippen LogP) is 3.16. The summed E-state index contributed by atoms with van der Waals surface area (Å²) in [4.78, 5) is 9.10. The van der Waals surface area contributed by atoms with Crippen LogP contribution in [0, 0.1) is 0 Å². The van der Waals surface area contributed by atoms with Crippen LogP contribution in [0.25, 0.3) is 22.4 Å². The number of rotatable bonds is 0. The number of benzene rings is 1. The van der Waals surface area contributed by atoms with Crippen molar-refractivity contribution in [3.63, 3.8) is 0 Å². The van der Waals surface area contributed by atoms with Gasteiger partial charge in [0, 0.05) is 11.8 Å². The first-order valence-corrected chi connectivity index (χ1v) is 6.45. The van der Waals surface area contributed by atoms with Gasteiger partial charge in [-0.1, -0.05) is 23.9 Å². The van der Waals surface area contributed by atoms with E-state index in [4.69, 9.17) is 4.98 Å². The Balaban J connectivity index is 2.10. The number of nitrogens with zero attached hydrogens (tertiary/aromatic N) is 3. The van der Waals surface area contributed by atoms with E-state index in [0.29, 0.717) is 0 Å². The number of fused-ring (bicyclic) bond motifs is 5. The zero-order valence-electron chi connectivity index (χ0n) is 9.00. The number of para-hydroxylation sites is 2. The summed E-state index contributed by atoms with van der Waals surface area (Å²) < 4.78 is 2.25. The molecule has 0 radical (unpaired) electrons. The number of hydrogen-bond acceptors (Lipinski definition) is 3. The summed E-state index contributed by atoms with van der Waals surface area (Å²) in [7, 11) is 0. The number of aromatic nitrogens is 3. The molecule has 0 saturated heterocycles. The Morgan fingerprint density at radius 1 is 1.12 bits per heavy atom. The molecule has 1 aliphatic rings. The first-order valence-electron chi connectivity index (χ1n) is 5.47. The zero-order chi connectivity index (χ0) is 11.2. The molecule has 0 fully saturated rings. The minimum atomic E-state index is 0.889. The first kappa shape index (κ1) is 9.24. The average molecular weight is 239 g/mol. The normalized spacial score (nSPS) is 13.4. The van der Waals surface area contributed by atoms with Gasteiger partial charge < -0.3 is 4.57 Å². The Morgan fingerprint density at radius 3 is 3.06 bits per heavy atom. The maximum atomic E-state index is 4.70. The van der Waals surface area contributed by atoms with Crippen LogP contribution < -0.4 is 0 Å². The molecule has 0 atom stereocenters. The molecule has 3 heterocycles. The molecule has 3 aromatic rings. The second-order valence-corrected chi connectivity index (χ2v) is 4.92. The minimum Gasteiger partial charge on any atom is -0.314 e. The van der Waals surface area contributed by atoms with Crippen LogP contribution in [0.2, 0.25) is 0 Å². The van der Waals surface area contributed by atoms with Gasteiger partial charge in [0.25, 0.3) is 0 Å². The second-order valence-electron chi connectivity index (χ2n) is 3.98. The smallest absolute Gasteiger partial charge is 0.144 e. The van der Waals surface area contributed by atoms with Crippen molar-refractivity contribution >= 4 is 22.8 Å². The first-order chi connectivity index (χ1) is 8.43. The van der Waals surface area contributed by atoms with Crippen LogP contribution in [-0.2, 0) is 5.88 Å². The van der Waals surface area contributed by atoms with Crippen molar-refractivity contribution in [2.45, 2.75) is 10.9 Å². The molecule has 0 amide bonds. The fraction of sp³-hybridized carbons (Fsp3) is 0.0769. The van der Waals surface area contributed by atoms with Crippen molar-refractivity contribution in [1.82, 2.24) is 14.5 Å². The Bertz CT molecular complexity index is 718.